The van der Waals surface area contributed by atoms with Crippen molar-refractivity contribution in [3.05, 3.63) is 6.33 Å². The van der Waals surface area contributed by atoms with Crippen LogP contribution < -0.4 is 0 Å². The third-order valence-corrected chi connectivity index (χ3v) is 1.90. The summed E-state index contributed by atoms with van der Waals surface area (Å²) < 4.78 is 5.67. The molecule has 0 unspecified atom stereocenters. The van der Waals surface area contributed by atoms with Crippen LogP contribution in [0.3, 0.4) is 0 Å². The summed E-state index contributed by atoms with van der Waals surface area (Å²) in [6.45, 7) is 0. The van der Waals surface area contributed by atoms with E-state index >= 15 is 0 Å². The maximum absolute atomic E-state index is 9.82. The van der Waals surface area contributed by atoms with Crippen LogP contribution in [0.4, 0.5) is 4.79 Å². The van der Waals surface area contributed by atoms with Crippen molar-refractivity contribution in [3.63, 3.8) is 0 Å². The molecule has 1 rings (SSSR count). The lowest BCUT2D eigenvalue weighted by Crippen LogP contribution is -1.99. The number of ether oxygens (including phenoxy) is 1. The van der Waals surface area contributed by atoms with Crippen LogP contribution in [0.25, 0.3) is 0 Å². The molecule has 6 nitrogen and oxygen atoms in total. The zero-order chi connectivity index (χ0) is 8.97. The first kappa shape index (κ1) is 8.85. The number of thioether (sulfide) groups is 1. The third kappa shape index (κ3) is 2.42. The largest absolute Gasteiger partial charge is 0.550 e. The van der Waals surface area contributed by atoms with Gasteiger partial charge in [-0.05, 0) is 11.8 Å². The Labute approximate surface area is 72.5 Å². The van der Waals surface area contributed by atoms with Crippen LogP contribution in [-0.4, -0.2) is 26.9 Å². The molecule has 1 heterocycles. The van der Waals surface area contributed by atoms with Crippen LogP contribution in [0.5, 0.6) is 0 Å². The van der Waals surface area contributed by atoms with Crippen LogP contribution in [0.15, 0.2) is 11.5 Å². The minimum absolute atomic E-state index is 0.0329. The van der Waals surface area contributed by atoms with Gasteiger partial charge in [0.2, 0.25) is 0 Å². The number of carbonyl (C=O) groups excluding carboxylic acids is 1. The second-order valence-corrected chi connectivity index (χ2v) is 2.71. The summed E-state index contributed by atoms with van der Waals surface area (Å²) in [5.41, 5.74) is 0. The van der Waals surface area contributed by atoms with Gasteiger partial charge in [-0.3, -0.25) is 0 Å². The Morgan fingerprint density at radius 1 is 1.83 bits per heavy atom. The van der Waals surface area contributed by atoms with Gasteiger partial charge in [0, 0.05) is 7.05 Å². The topological polar surface area (TPSA) is 76.9 Å². The van der Waals surface area contributed by atoms with E-state index in [0.717, 1.165) is 11.8 Å². The lowest BCUT2D eigenvalue weighted by Gasteiger charge is -1.97. The molecule has 1 aromatic heterocycles. The maximum Gasteiger partial charge on any atom is 0.550 e. The van der Waals surface area contributed by atoms with Crippen LogP contribution in [0.2, 0.25) is 0 Å². The molecule has 0 fully saturated rings. The molecule has 0 aliphatic rings. The number of aryl methyl sites for hydroxylation is 1. The maximum atomic E-state index is 9.82. The normalized spacial score (nSPS) is 9.75. The van der Waals surface area contributed by atoms with Crippen molar-refractivity contribution >= 4 is 17.9 Å². The van der Waals surface area contributed by atoms with E-state index < -0.39 is 6.16 Å². The fourth-order valence-corrected chi connectivity index (χ4v) is 1.16. The molecule has 65 valence electrons. The van der Waals surface area contributed by atoms with Crippen molar-refractivity contribution in [1.29, 1.82) is 0 Å². The van der Waals surface area contributed by atoms with E-state index in [-0.39, 0.29) is 5.94 Å². The van der Waals surface area contributed by atoms with Gasteiger partial charge < -0.3 is 4.74 Å². The van der Waals surface area contributed by atoms with Gasteiger partial charge >= 0.3 is 6.16 Å². The molecule has 0 aliphatic heterocycles. The van der Waals surface area contributed by atoms with Gasteiger partial charge in [-0.2, -0.15) is 15.0 Å². The van der Waals surface area contributed by atoms with Gasteiger partial charge in [-0.15, -0.1) is 0 Å². The Bertz CT molecular complexity index is 275. The number of hydrogen-bond donors (Lipinski definition) is 0. The Balaban J connectivity index is 2.33. The van der Waals surface area contributed by atoms with Gasteiger partial charge in [0.25, 0.3) is 0 Å². The Hall–Kier alpha value is -1.24. The summed E-state index contributed by atoms with van der Waals surface area (Å²) in [5.74, 6) is -0.0329. The zero-order valence-electron chi connectivity index (χ0n) is 6.26. The smallest absolute Gasteiger partial charge is 0.420 e. The van der Waals surface area contributed by atoms with Gasteiger partial charge in [-0.25, -0.2) is 9.67 Å². The monoisotopic (exact) mass is 188 g/mol. The lowest BCUT2D eigenvalue weighted by atomic mass is 11.2. The van der Waals surface area contributed by atoms with Crippen molar-refractivity contribution < 1.29 is 14.6 Å². The van der Waals surface area contributed by atoms with Crippen molar-refractivity contribution in [2.24, 2.45) is 7.05 Å². The molecule has 0 aromatic carbocycles. The average molecular weight is 188 g/mol. The van der Waals surface area contributed by atoms with Gasteiger partial charge in [0.15, 0.2) is 5.16 Å². The summed E-state index contributed by atoms with van der Waals surface area (Å²) in [4.78, 5) is 13.7. The molecule has 1 aromatic rings. The summed E-state index contributed by atoms with van der Waals surface area (Å²) in [5, 5.41) is 14.2. The minimum Gasteiger partial charge on any atom is -0.420 e. The summed E-state index contributed by atoms with van der Waals surface area (Å²) in [6, 6.07) is 0. The first-order valence-corrected chi connectivity index (χ1v) is 3.99. The second kappa shape index (κ2) is 3.96. The van der Waals surface area contributed by atoms with Crippen LogP contribution in [-0.2, 0) is 16.9 Å². The first-order valence-electron chi connectivity index (χ1n) is 3.00. The molecule has 0 saturated heterocycles. The molecular formula is C5H6N3O3S. The molecule has 12 heavy (non-hydrogen) atoms. The quantitative estimate of drug-likeness (QED) is 0.390. The third-order valence-electron chi connectivity index (χ3n) is 1.03. The predicted molar refractivity (Wildman–Crippen MR) is 38.9 cm³/mol. The van der Waals surface area contributed by atoms with Crippen LogP contribution in [0.1, 0.15) is 0 Å². The fraction of sp³-hybridized carbons (Fsp3) is 0.400. The first-order chi connectivity index (χ1) is 5.70. The van der Waals surface area contributed by atoms with E-state index in [4.69, 9.17) is 0 Å². The molecule has 0 spiro atoms. The number of carbonyl (C=O) groups is 1. The van der Waals surface area contributed by atoms with Crippen LogP contribution >= 0.6 is 11.8 Å². The van der Waals surface area contributed by atoms with Crippen molar-refractivity contribution in [2.75, 3.05) is 5.94 Å². The summed E-state index contributed by atoms with van der Waals surface area (Å²) in [7, 11) is 1.70. The minimum atomic E-state index is -1.54. The highest BCUT2D eigenvalue weighted by molar-refractivity contribution is 7.99. The van der Waals surface area contributed by atoms with Gasteiger partial charge in [0.1, 0.15) is 12.3 Å². The highest BCUT2D eigenvalue weighted by Crippen LogP contribution is 2.12. The van der Waals surface area contributed by atoms with E-state index in [1.165, 1.54) is 11.0 Å². The van der Waals surface area contributed by atoms with E-state index in [1.807, 2.05) is 0 Å². The lowest BCUT2D eigenvalue weighted by molar-refractivity contribution is 0.0831. The predicted octanol–water partition coefficient (Wildman–Crippen LogP) is 0.432. The molecule has 0 saturated carbocycles. The standard InChI is InChI=1S/C5H6N3O3S/c1-8-4(6-2-7-8)12-3-11-5(9)10/h2H,3H2,1H3. The summed E-state index contributed by atoms with van der Waals surface area (Å²) >= 11 is 1.13. The fourth-order valence-electron chi connectivity index (χ4n) is 0.547. The Kier molecular flexibility index (Phi) is 2.92. The van der Waals surface area contributed by atoms with Crippen molar-refractivity contribution in [1.82, 2.24) is 14.8 Å². The highest BCUT2D eigenvalue weighted by Gasteiger charge is 2.03. The van der Waals surface area contributed by atoms with Crippen LogP contribution in [0, 0.1) is 0 Å². The molecule has 0 atom stereocenters. The van der Waals surface area contributed by atoms with Crippen molar-refractivity contribution in [3.8, 4) is 0 Å². The van der Waals surface area contributed by atoms with E-state index in [1.54, 1.807) is 7.05 Å². The van der Waals surface area contributed by atoms with E-state index in [9.17, 15) is 9.90 Å². The Morgan fingerprint density at radius 2 is 2.58 bits per heavy atom. The van der Waals surface area contributed by atoms with E-state index in [0.29, 0.717) is 5.16 Å². The average Bonchev–Trinajstić information content (AvgIpc) is 2.36. The summed E-state index contributed by atoms with van der Waals surface area (Å²) in [6.07, 6.45) is -0.161. The number of rotatable bonds is 3. The number of aromatic nitrogens is 3. The molecular weight excluding hydrogens is 182 g/mol. The van der Waals surface area contributed by atoms with Crippen molar-refractivity contribution in [2.45, 2.75) is 5.16 Å². The number of hydrogen-bond acceptors (Lipinski definition) is 5. The van der Waals surface area contributed by atoms with E-state index in [2.05, 4.69) is 14.8 Å². The highest BCUT2D eigenvalue weighted by atomic mass is 32.2. The Morgan fingerprint density at radius 3 is 3.08 bits per heavy atom. The van der Waals surface area contributed by atoms with Gasteiger partial charge in [-0.1, -0.05) is 0 Å². The molecule has 0 aliphatic carbocycles. The molecule has 0 N–H and O–H groups in total. The second-order valence-electron chi connectivity index (χ2n) is 1.82. The molecule has 1 radical (unpaired) electrons. The van der Waals surface area contributed by atoms with Gasteiger partial charge in [0.05, 0.1) is 0 Å². The number of nitrogens with zero attached hydrogens (tertiary/aromatic N) is 3. The zero-order valence-corrected chi connectivity index (χ0v) is 7.08. The molecule has 0 bridgehead atoms. The molecule has 7 heteroatoms. The SMILES string of the molecule is Cn1ncnc1SCOC([O])=O. The molecule has 0 amide bonds.